The Balaban J connectivity index is 1.62. The van der Waals surface area contributed by atoms with Gasteiger partial charge in [-0.3, -0.25) is 4.90 Å². The van der Waals surface area contributed by atoms with Crippen LogP contribution >= 0.6 is 0 Å². The first-order chi connectivity index (χ1) is 16.2. The summed E-state index contributed by atoms with van der Waals surface area (Å²) in [7, 11) is 0. The van der Waals surface area contributed by atoms with Crippen LogP contribution in [0.15, 0.2) is 54.6 Å². The number of halogens is 1. The molecule has 1 saturated carbocycles. The third kappa shape index (κ3) is 6.44. The molecule has 0 aliphatic heterocycles. The summed E-state index contributed by atoms with van der Waals surface area (Å²) in [6.45, 7) is 9.25. The molecule has 1 heterocycles. The van der Waals surface area contributed by atoms with Gasteiger partial charge in [0.05, 0.1) is 35.3 Å². The average Bonchev–Trinajstić information content (AvgIpc) is 3.59. The summed E-state index contributed by atoms with van der Waals surface area (Å²) in [6.07, 6.45) is 1.59. The number of aliphatic hydroxyl groups is 1. The largest absolute Gasteiger partial charge is 0.438 e. The van der Waals surface area contributed by atoms with Gasteiger partial charge in [-0.15, -0.1) is 0 Å². The summed E-state index contributed by atoms with van der Waals surface area (Å²) < 4.78 is 27.7. The van der Waals surface area contributed by atoms with Crippen molar-refractivity contribution in [1.29, 1.82) is 0 Å². The Bertz CT molecular complexity index is 1090. The molecule has 6 nitrogen and oxygen atoms in total. The lowest BCUT2D eigenvalue weighted by molar-refractivity contribution is -0.0573. The summed E-state index contributed by atoms with van der Waals surface area (Å²) >= 11 is 0. The van der Waals surface area contributed by atoms with Gasteiger partial charge in [0, 0.05) is 25.2 Å². The van der Waals surface area contributed by atoms with E-state index in [-0.39, 0.29) is 18.0 Å². The summed E-state index contributed by atoms with van der Waals surface area (Å²) in [4.78, 5) is 2.27. The Labute approximate surface area is 200 Å². The molecule has 182 valence electrons. The highest BCUT2D eigenvalue weighted by molar-refractivity contribution is 5.43. The zero-order valence-corrected chi connectivity index (χ0v) is 20.4. The van der Waals surface area contributed by atoms with Crippen LogP contribution in [-0.4, -0.2) is 50.7 Å². The number of aryl methyl sites for hydroxylation is 1. The fourth-order valence-electron chi connectivity index (χ4n) is 3.87. The normalized spacial score (nSPS) is 15.0. The fraction of sp³-hybridized carbons (Fsp3) is 0.444. The van der Waals surface area contributed by atoms with Crippen LogP contribution in [0.25, 0.3) is 5.69 Å². The van der Waals surface area contributed by atoms with Crippen molar-refractivity contribution in [2.45, 2.75) is 64.8 Å². The molecule has 1 aliphatic rings. The van der Waals surface area contributed by atoms with E-state index >= 15 is 0 Å². The minimum atomic E-state index is -0.600. The predicted octanol–water partition coefficient (Wildman–Crippen LogP) is 5.25. The highest BCUT2D eigenvalue weighted by Crippen LogP contribution is 2.35. The Hall–Kier alpha value is -2.74. The summed E-state index contributed by atoms with van der Waals surface area (Å²) in [5.41, 5.74) is 2.32. The van der Waals surface area contributed by atoms with Crippen LogP contribution in [0, 0.1) is 12.7 Å². The molecule has 1 aromatic heterocycles. The summed E-state index contributed by atoms with van der Waals surface area (Å²) in [5.74, 6) is 0.610. The van der Waals surface area contributed by atoms with Crippen LogP contribution in [0.2, 0.25) is 0 Å². The van der Waals surface area contributed by atoms with Gasteiger partial charge >= 0.3 is 0 Å². The SMILES string of the molecule is Cc1nn(-c2ccccc2)c(Oc2cccc(F)c2)c1CN(CC(O)COC(C)(C)C)C1CC1. The quantitative estimate of drug-likeness (QED) is 0.441. The zero-order valence-electron chi connectivity index (χ0n) is 20.4. The van der Waals surface area contributed by atoms with Crippen molar-refractivity contribution in [3.63, 3.8) is 0 Å². The van der Waals surface area contributed by atoms with Gasteiger partial charge in [-0.25, -0.2) is 9.07 Å². The van der Waals surface area contributed by atoms with E-state index in [4.69, 9.17) is 14.6 Å². The van der Waals surface area contributed by atoms with E-state index in [1.165, 1.54) is 12.1 Å². The maximum atomic E-state index is 13.9. The second-order valence-corrected chi connectivity index (χ2v) is 9.91. The maximum absolute atomic E-state index is 13.9. The number of nitrogens with zero attached hydrogens (tertiary/aromatic N) is 3. The summed E-state index contributed by atoms with van der Waals surface area (Å²) in [6, 6.07) is 16.3. The molecule has 34 heavy (non-hydrogen) atoms. The average molecular weight is 468 g/mol. The van der Waals surface area contributed by atoms with E-state index < -0.39 is 6.10 Å². The molecular formula is C27H34FN3O3. The Morgan fingerprint density at radius 2 is 1.88 bits per heavy atom. The first-order valence-corrected chi connectivity index (χ1v) is 11.8. The molecule has 1 atom stereocenters. The minimum absolute atomic E-state index is 0.279. The number of aliphatic hydroxyl groups excluding tert-OH is 1. The molecule has 3 aromatic rings. The minimum Gasteiger partial charge on any atom is -0.438 e. The fourth-order valence-corrected chi connectivity index (χ4v) is 3.87. The Morgan fingerprint density at radius 1 is 1.15 bits per heavy atom. The molecule has 0 radical (unpaired) electrons. The third-order valence-corrected chi connectivity index (χ3v) is 5.73. The van der Waals surface area contributed by atoms with E-state index in [2.05, 4.69) is 4.90 Å². The molecule has 0 bridgehead atoms. The lowest BCUT2D eigenvalue weighted by Crippen LogP contribution is -2.38. The second kappa shape index (κ2) is 10.3. The van der Waals surface area contributed by atoms with Gasteiger partial charge in [0.2, 0.25) is 5.88 Å². The summed E-state index contributed by atoms with van der Waals surface area (Å²) in [5, 5.41) is 15.4. The van der Waals surface area contributed by atoms with E-state index in [1.807, 2.05) is 58.0 Å². The zero-order chi connectivity index (χ0) is 24.3. The van der Waals surface area contributed by atoms with Gasteiger partial charge in [0.1, 0.15) is 11.6 Å². The lowest BCUT2D eigenvalue weighted by Gasteiger charge is -2.27. The second-order valence-electron chi connectivity index (χ2n) is 9.91. The topological polar surface area (TPSA) is 59.8 Å². The molecule has 1 fully saturated rings. The van der Waals surface area contributed by atoms with E-state index in [1.54, 1.807) is 16.8 Å². The lowest BCUT2D eigenvalue weighted by atomic mass is 10.2. The van der Waals surface area contributed by atoms with Crippen LogP contribution in [-0.2, 0) is 11.3 Å². The molecule has 2 aromatic carbocycles. The molecular weight excluding hydrogens is 433 g/mol. The Morgan fingerprint density at radius 3 is 2.53 bits per heavy atom. The van der Waals surface area contributed by atoms with Gasteiger partial charge in [-0.2, -0.15) is 5.10 Å². The van der Waals surface area contributed by atoms with Gasteiger partial charge in [-0.1, -0.05) is 24.3 Å². The Kier molecular flexibility index (Phi) is 7.36. The molecule has 0 amide bonds. The number of benzene rings is 2. The molecule has 0 spiro atoms. The number of aromatic nitrogens is 2. The van der Waals surface area contributed by atoms with Crippen molar-refractivity contribution in [3.05, 3.63) is 71.7 Å². The first-order valence-electron chi connectivity index (χ1n) is 11.8. The van der Waals surface area contributed by atoms with Gasteiger partial charge in [0.15, 0.2) is 0 Å². The van der Waals surface area contributed by atoms with Crippen molar-refractivity contribution >= 4 is 0 Å². The number of ether oxygens (including phenoxy) is 2. The van der Waals surface area contributed by atoms with Crippen molar-refractivity contribution in [2.24, 2.45) is 0 Å². The van der Waals surface area contributed by atoms with Gasteiger partial charge < -0.3 is 14.6 Å². The number of hydrogen-bond donors (Lipinski definition) is 1. The number of rotatable bonds is 10. The van der Waals surface area contributed by atoms with E-state index in [0.717, 1.165) is 29.8 Å². The molecule has 7 heteroatoms. The van der Waals surface area contributed by atoms with Crippen molar-refractivity contribution < 1.29 is 19.0 Å². The van der Waals surface area contributed by atoms with Crippen LogP contribution < -0.4 is 4.74 Å². The van der Waals surface area contributed by atoms with Crippen molar-refractivity contribution in [2.75, 3.05) is 13.2 Å². The smallest absolute Gasteiger partial charge is 0.227 e. The molecule has 4 rings (SSSR count). The monoisotopic (exact) mass is 467 g/mol. The number of para-hydroxylation sites is 1. The van der Waals surface area contributed by atoms with Crippen molar-refractivity contribution in [1.82, 2.24) is 14.7 Å². The molecule has 0 saturated heterocycles. The first kappa shape index (κ1) is 24.4. The highest BCUT2D eigenvalue weighted by Gasteiger charge is 2.33. The molecule has 1 aliphatic carbocycles. The number of hydrogen-bond acceptors (Lipinski definition) is 5. The van der Waals surface area contributed by atoms with Crippen LogP contribution in [0.3, 0.4) is 0 Å². The highest BCUT2D eigenvalue weighted by atomic mass is 19.1. The standard InChI is InChI=1S/C27H34FN3O3/c1-19-25(17-30(21-13-14-21)16-23(32)18-33-27(2,3)4)26(34-24-12-8-9-20(28)15-24)31(29-19)22-10-6-5-7-11-22/h5-12,15,21,23,32H,13-14,16-18H2,1-4H3. The van der Waals surface area contributed by atoms with E-state index in [9.17, 15) is 9.50 Å². The van der Waals surface area contributed by atoms with Crippen LogP contribution in [0.5, 0.6) is 11.6 Å². The molecule has 1 N–H and O–H groups in total. The van der Waals surface area contributed by atoms with E-state index in [0.29, 0.717) is 30.8 Å². The van der Waals surface area contributed by atoms with Crippen LogP contribution in [0.4, 0.5) is 4.39 Å². The van der Waals surface area contributed by atoms with Gasteiger partial charge in [0.25, 0.3) is 0 Å². The van der Waals surface area contributed by atoms with Crippen molar-refractivity contribution in [3.8, 4) is 17.3 Å². The predicted molar refractivity (Wildman–Crippen MR) is 130 cm³/mol. The maximum Gasteiger partial charge on any atom is 0.227 e. The van der Waals surface area contributed by atoms with Crippen LogP contribution in [0.1, 0.15) is 44.9 Å². The third-order valence-electron chi connectivity index (χ3n) is 5.73. The van der Waals surface area contributed by atoms with Gasteiger partial charge in [-0.05, 0) is 64.8 Å². The molecule has 1 unspecified atom stereocenters.